The second-order valence-corrected chi connectivity index (χ2v) is 53.2. The summed E-state index contributed by atoms with van der Waals surface area (Å²) in [5.74, 6) is -1.54. The molecule has 87 heavy (non-hydrogen) atoms. The molecule has 0 aromatic carbocycles. The molecule has 0 unspecified atom stereocenters. The molecule has 0 saturated heterocycles. The topological polar surface area (TPSA) is 147 Å². The number of carbonyl (C=O) groups is 4. The molecule has 0 aliphatic carbocycles. The minimum absolute atomic E-state index is 0.149. The van der Waals surface area contributed by atoms with Crippen molar-refractivity contribution < 1.29 is 38.1 Å². The Kier molecular flexibility index (Phi) is 56.7. The second kappa shape index (κ2) is 56.1. The zero-order valence-corrected chi connectivity index (χ0v) is 76.7. The molecule has 2 N–H and O–H groups in total. The number of carbonyl (C=O) groups excluding carboxylic acids is 4. The Labute approximate surface area is 607 Å². The number of aromatic nitrogens is 4. The van der Waals surface area contributed by atoms with Crippen molar-refractivity contribution in [2.75, 3.05) is 28.4 Å². The van der Waals surface area contributed by atoms with Crippen LogP contribution in [-0.2, 0) is 31.8 Å². The van der Waals surface area contributed by atoms with Crippen LogP contribution in [-0.4, -0.2) is 171 Å². The SMILES string of the molecule is CCC[CH2][Sn-][CH2]CCC.CCC[CH2][Sn-][CH2]CCC.CCC[CH2][Sn-][CH2]CCC.CCC[CH2][Sn-][CH2]CCC.CCC[CH2][Sn]1([CH2]CCC)[n]2c(C(=O)OC)cc(Br)c2Cc2c(Br)cc(C(=O)OC)[n]21.COC(=O)c1cc(Br)c(Cc2[nH]c(C(=O)OC)cc2Br)[nH]1. The van der Waals surface area contributed by atoms with E-state index in [-0.39, 0.29) is 96.5 Å². The Morgan fingerprint density at radius 2 is 0.655 bits per heavy atom. The molecule has 0 bridgehead atoms. The Morgan fingerprint density at radius 3 is 0.885 bits per heavy atom. The molecule has 0 amide bonds. The number of hydrogen-bond donors (Lipinski definition) is 2. The number of methoxy groups -OCH3 is 4. The van der Waals surface area contributed by atoms with E-state index in [1.807, 2.05) is 12.1 Å². The summed E-state index contributed by atoms with van der Waals surface area (Å²) in [6.45, 7) is 22.7. The molecule has 0 saturated carbocycles. The first-order chi connectivity index (χ1) is 42.0. The van der Waals surface area contributed by atoms with Crippen molar-refractivity contribution in [1.82, 2.24) is 15.5 Å². The van der Waals surface area contributed by atoms with Crippen LogP contribution in [0.5, 0.6) is 0 Å². The van der Waals surface area contributed by atoms with Crippen molar-refractivity contribution in [3.05, 3.63) is 87.7 Å². The van der Waals surface area contributed by atoms with Crippen molar-refractivity contribution in [1.29, 1.82) is 0 Å². The first-order valence-electron chi connectivity index (χ1n) is 32.7. The molecule has 4 radical (unpaired) electrons. The maximum absolute atomic E-state index is 12.8. The molecule has 1 aliphatic rings. The molecule has 0 atom stereocenters. The van der Waals surface area contributed by atoms with Crippen molar-refractivity contribution in [2.45, 2.75) is 255 Å². The van der Waals surface area contributed by atoms with Crippen molar-refractivity contribution in [2.24, 2.45) is 0 Å². The van der Waals surface area contributed by atoms with Crippen molar-refractivity contribution in [3.8, 4) is 0 Å². The van der Waals surface area contributed by atoms with Gasteiger partial charge in [0.1, 0.15) is 11.4 Å². The van der Waals surface area contributed by atoms with E-state index in [2.05, 4.69) is 158 Å². The fraction of sp³-hybridized carbons (Fsp3) is 0.697. The normalized spacial score (nSPS) is 11.6. The Morgan fingerprint density at radius 1 is 0.402 bits per heavy atom. The summed E-state index contributed by atoms with van der Waals surface area (Å²) in [5.41, 5.74) is 5.69. The van der Waals surface area contributed by atoms with E-state index in [1.54, 1.807) is 47.6 Å². The Hall–Kier alpha value is 0.914. The van der Waals surface area contributed by atoms with Gasteiger partial charge < -0.3 is 19.4 Å². The fourth-order valence-electron chi connectivity index (χ4n) is 9.31. The van der Waals surface area contributed by atoms with Crippen LogP contribution < -0.4 is 0 Å². The average molecular weight is 2000 g/mol. The monoisotopic (exact) mass is 2000 g/mol. The number of unbranched alkanes of at least 4 members (excludes halogenated alkanes) is 10. The summed E-state index contributed by atoms with van der Waals surface area (Å²) >= 11 is 11.2. The van der Waals surface area contributed by atoms with Gasteiger partial charge in [-0.3, -0.25) is 0 Å². The van der Waals surface area contributed by atoms with Gasteiger partial charge in [-0.05, 0) is 44.0 Å². The quantitative estimate of drug-likeness (QED) is 0.0198. The van der Waals surface area contributed by atoms with Gasteiger partial charge in [0.15, 0.2) is 0 Å². The zero-order chi connectivity index (χ0) is 65.4. The number of esters is 4. The minimum atomic E-state index is -3.63. The van der Waals surface area contributed by atoms with Crippen LogP contribution in [0.25, 0.3) is 0 Å². The van der Waals surface area contributed by atoms with Crippen LogP contribution in [0.1, 0.15) is 262 Å². The first-order valence-corrected chi connectivity index (χ1v) is 58.6. The number of fused-ring (bicyclic) bond motifs is 2. The number of nitrogens with one attached hydrogen (secondary N) is 2. The predicted molar refractivity (Wildman–Crippen MR) is 389 cm³/mol. The molecule has 1 aliphatic heterocycles. The fourth-order valence-corrected chi connectivity index (χ4v) is 45.4. The van der Waals surface area contributed by atoms with E-state index in [1.165, 1.54) is 131 Å². The smallest absolute Gasteiger partial charge is 0.354 e. The summed E-state index contributed by atoms with van der Waals surface area (Å²) < 4.78 is 42.6. The molecule has 12 nitrogen and oxygen atoms in total. The number of nitrogens with zero attached hydrogens (tertiary/aromatic N) is 2. The maximum Gasteiger partial charge on any atom is 0.354 e. The van der Waals surface area contributed by atoms with Crippen LogP contribution in [0.2, 0.25) is 44.4 Å². The number of H-pyrrole nitrogens is 2. The Balaban J connectivity index is 0.00000112. The van der Waals surface area contributed by atoms with Crippen LogP contribution in [0.15, 0.2) is 42.2 Å². The number of ether oxygens (including phenoxy) is 4. The molecule has 21 heteroatoms. The maximum atomic E-state index is 12.8. The predicted octanol–water partition coefficient (Wildman–Crippen LogP) is 21.3. The van der Waals surface area contributed by atoms with E-state index >= 15 is 0 Å². The van der Waals surface area contributed by atoms with Gasteiger partial charge in [-0.25, -0.2) is 9.59 Å². The van der Waals surface area contributed by atoms with Gasteiger partial charge in [-0.2, -0.15) is 0 Å². The largest absolute Gasteiger partial charge is 0.464 e. The standard InChI is InChI=1S/2C13H12Br2N2O4.10C4H9.5Sn/c2*1-20-12(18)10-3-6(14)8(16-10)5-9-7(15)4-11(17-9)13(19)21-2;10*1-3-4-2;;;;;/h3-4H,5H2,1-2H3,(H2,16,17,18,19);3-4,16-17H,5H2,1-2H3;10*1,3-4H2,2H3;;;;;/q;;;;;;;;;;;;4*-1;+2/p-2. The van der Waals surface area contributed by atoms with Gasteiger partial charge in [-0.15, -0.1) is 0 Å². The van der Waals surface area contributed by atoms with E-state index in [4.69, 9.17) is 9.47 Å². The number of rotatable bonds is 36. The van der Waals surface area contributed by atoms with E-state index in [0.717, 1.165) is 75.2 Å². The van der Waals surface area contributed by atoms with Gasteiger partial charge in [-0.1, -0.05) is 0 Å². The number of hydrogen-bond acceptors (Lipinski definition) is 8. The molecule has 4 aromatic rings. The van der Waals surface area contributed by atoms with Gasteiger partial charge >= 0.3 is 490 Å². The molecule has 4 aromatic heterocycles. The molecule has 5 rings (SSSR count). The van der Waals surface area contributed by atoms with Crippen LogP contribution in [0.4, 0.5) is 0 Å². The van der Waals surface area contributed by atoms with Gasteiger partial charge in [0.2, 0.25) is 0 Å². The summed E-state index contributed by atoms with van der Waals surface area (Å²) in [6, 6.07) is 7.09. The average Bonchev–Trinajstić information content (AvgIpc) is 1.65. The van der Waals surface area contributed by atoms with Gasteiger partial charge in [0.05, 0.1) is 14.2 Å². The van der Waals surface area contributed by atoms with Crippen molar-refractivity contribution >= 4 is 191 Å². The summed E-state index contributed by atoms with van der Waals surface area (Å²) in [7, 11) is 5.49. The third-order valence-corrected chi connectivity index (χ3v) is 47.6. The first kappa shape index (κ1) is 87.9. The third-order valence-electron chi connectivity index (χ3n) is 14.4. The third kappa shape index (κ3) is 34.4. The second-order valence-electron chi connectivity index (χ2n) is 21.7. The number of aromatic amines is 2. The van der Waals surface area contributed by atoms with Gasteiger partial charge in [0, 0.05) is 26.8 Å². The molecule has 0 spiro atoms. The molecular formula is C66H112Br4N4O8Sn5-4. The molecule has 496 valence electrons. The molecule has 5 heterocycles. The summed E-state index contributed by atoms with van der Waals surface area (Å²) in [4.78, 5) is 54.5. The summed E-state index contributed by atoms with van der Waals surface area (Å²) in [5, 5.41) is 0. The van der Waals surface area contributed by atoms with Crippen molar-refractivity contribution in [3.63, 3.8) is 0 Å². The summed E-state index contributed by atoms with van der Waals surface area (Å²) in [6.07, 6.45) is 28.7. The van der Waals surface area contributed by atoms with Crippen LogP contribution in [0.3, 0.4) is 0 Å². The van der Waals surface area contributed by atoms with E-state index in [0.29, 0.717) is 35.6 Å². The zero-order valence-electron chi connectivity index (χ0n) is 56.1. The minimum Gasteiger partial charge on any atom is -0.464 e. The van der Waals surface area contributed by atoms with Crippen LogP contribution >= 0.6 is 63.7 Å². The number of halogens is 4. The van der Waals surface area contributed by atoms with Crippen LogP contribution in [0, 0.1) is 0 Å². The van der Waals surface area contributed by atoms with Gasteiger partial charge in [0.25, 0.3) is 0 Å². The molecule has 0 fully saturated rings. The van der Waals surface area contributed by atoms with E-state index < -0.39 is 30.9 Å². The Bertz CT molecular complexity index is 2230. The molecular weight excluding hydrogens is 1890 g/mol. The van der Waals surface area contributed by atoms with E-state index in [9.17, 15) is 19.2 Å².